The van der Waals surface area contributed by atoms with Crippen molar-refractivity contribution in [1.82, 2.24) is 15.5 Å². The number of hydrogen-bond donors (Lipinski definition) is 3. The van der Waals surface area contributed by atoms with Gasteiger partial charge >= 0.3 is 0 Å². The molecule has 2 aromatic carbocycles. The van der Waals surface area contributed by atoms with E-state index in [1.807, 2.05) is 31.2 Å². The van der Waals surface area contributed by atoms with Gasteiger partial charge in [-0.05, 0) is 56.6 Å². The molecule has 1 saturated heterocycles. The lowest BCUT2D eigenvalue weighted by Crippen LogP contribution is -2.42. The van der Waals surface area contributed by atoms with Gasteiger partial charge in [-0.1, -0.05) is 24.3 Å². The number of rotatable bonds is 9. The number of aromatic hydroxyl groups is 1. The molecule has 0 bridgehead atoms. The maximum Gasteiger partial charge on any atom is 0.191 e. The van der Waals surface area contributed by atoms with Crippen molar-refractivity contribution in [2.45, 2.75) is 32.4 Å². The Morgan fingerprint density at radius 3 is 2.58 bits per heavy atom. The second kappa shape index (κ2) is 11.5. The summed E-state index contributed by atoms with van der Waals surface area (Å²) in [6.45, 7) is 6.06. The van der Waals surface area contributed by atoms with Crippen LogP contribution in [0.15, 0.2) is 47.5 Å². The molecular formula is C24H34N4O3. The van der Waals surface area contributed by atoms with E-state index in [1.165, 1.54) is 18.4 Å². The van der Waals surface area contributed by atoms with Crippen LogP contribution in [0.1, 0.15) is 36.9 Å². The van der Waals surface area contributed by atoms with Gasteiger partial charge in [0.15, 0.2) is 17.5 Å². The lowest BCUT2D eigenvalue weighted by Gasteiger charge is -2.29. The van der Waals surface area contributed by atoms with Crippen molar-refractivity contribution in [3.63, 3.8) is 0 Å². The number of nitrogens with one attached hydrogen (secondary N) is 2. The van der Waals surface area contributed by atoms with Crippen LogP contribution in [0, 0.1) is 0 Å². The summed E-state index contributed by atoms with van der Waals surface area (Å²) in [6, 6.07) is 14.0. The van der Waals surface area contributed by atoms with E-state index in [0.717, 1.165) is 43.5 Å². The molecule has 0 aliphatic carbocycles. The van der Waals surface area contributed by atoms with E-state index in [9.17, 15) is 5.11 Å². The van der Waals surface area contributed by atoms with Crippen molar-refractivity contribution in [2.75, 3.05) is 40.4 Å². The average molecular weight is 427 g/mol. The minimum atomic E-state index is 0.135. The maximum atomic E-state index is 10.3. The fraction of sp³-hybridized carbons (Fsp3) is 0.458. The Bertz CT molecular complexity index is 866. The number of methoxy groups -OCH3 is 2. The predicted octanol–water partition coefficient (Wildman–Crippen LogP) is 3.30. The van der Waals surface area contributed by atoms with E-state index in [0.29, 0.717) is 12.3 Å². The van der Waals surface area contributed by atoms with Crippen LogP contribution in [0.4, 0.5) is 0 Å². The van der Waals surface area contributed by atoms with Gasteiger partial charge in [-0.2, -0.15) is 0 Å². The Hall–Kier alpha value is -2.93. The van der Waals surface area contributed by atoms with Crippen LogP contribution in [0.2, 0.25) is 0 Å². The first kappa shape index (κ1) is 22.7. The van der Waals surface area contributed by atoms with Gasteiger partial charge in [-0.15, -0.1) is 0 Å². The monoisotopic (exact) mass is 426 g/mol. The van der Waals surface area contributed by atoms with Gasteiger partial charge < -0.3 is 25.2 Å². The van der Waals surface area contributed by atoms with Crippen LogP contribution in [-0.2, 0) is 6.54 Å². The molecule has 1 fully saturated rings. The average Bonchev–Trinajstić information content (AvgIpc) is 3.33. The topological polar surface area (TPSA) is 78.4 Å². The van der Waals surface area contributed by atoms with Gasteiger partial charge in [0.05, 0.1) is 26.8 Å². The molecule has 0 spiro atoms. The fourth-order valence-electron chi connectivity index (χ4n) is 3.92. The number of phenolic OH excluding ortho intramolecular Hbond substituents is 1. The molecule has 0 saturated carbocycles. The fourth-order valence-corrected chi connectivity index (χ4v) is 3.92. The zero-order chi connectivity index (χ0) is 22.1. The minimum Gasteiger partial charge on any atom is -0.504 e. The zero-order valence-corrected chi connectivity index (χ0v) is 18.7. The standard InChI is InChI=1S/C24H34N4O3/c1-4-25-24(26-16-19-10-8-12-22(31-3)23(19)29)27-17-21(28-13-5-6-14-28)18-9-7-11-20(15-18)30-2/h7-12,15,21,29H,4-6,13-14,16-17H2,1-3H3,(H2,25,26,27). The highest BCUT2D eigenvalue weighted by molar-refractivity contribution is 5.79. The molecular weight excluding hydrogens is 392 g/mol. The number of aliphatic imine (C=N–C) groups is 1. The molecule has 3 N–H and O–H groups in total. The van der Waals surface area contributed by atoms with Gasteiger partial charge in [-0.25, -0.2) is 4.99 Å². The second-order valence-electron chi connectivity index (χ2n) is 7.58. The minimum absolute atomic E-state index is 0.135. The third-order valence-corrected chi connectivity index (χ3v) is 5.58. The quantitative estimate of drug-likeness (QED) is 0.422. The molecule has 1 unspecified atom stereocenters. The van der Waals surface area contributed by atoms with Crippen LogP contribution < -0.4 is 20.1 Å². The Morgan fingerprint density at radius 2 is 1.87 bits per heavy atom. The Balaban J connectivity index is 1.74. The lowest BCUT2D eigenvalue weighted by atomic mass is 10.1. The van der Waals surface area contributed by atoms with Crippen molar-refractivity contribution in [2.24, 2.45) is 4.99 Å². The largest absolute Gasteiger partial charge is 0.504 e. The Morgan fingerprint density at radius 1 is 1.10 bits per heavy atom. The van der Waals surface area contributed by atoms with E-state index in [1.54, 1.807) is 20.3 Å². The number of ether oxygens (including phenoxy) is 2. The van der Waals surface area contributed by atoms with E-state index < -0.39 is 0 Å². The van der Waals surface area contributed by atoms with Crippen LogP contribution in [-0.4, -0.2) is 56.4 Å². The zero-order valence-electron chi connectivity index (χ0n) is 18.7. The Labute approximate surface area is 185 Å². The predicted molar refractivity (Wildman–Crippen MR) is 124 cm³/mol. The number of nitrogens with zero attached hydrogens (tertiary/aromatic N) is 2. The third kappa shape index (κ3) is 6.04. The molecule has 1 aliphatic heterocycles. The van der Waals surface area contributed by atoms with Crippen LogP contribution in [0.25, 0.3) is 0 Å². The summed E-state index contributed by atoms with van der Waals surface area (Å²) in [5.41, 5.74) is 1.95. The first-order valence-electron chi connectivity index (χ1n) is 10.9. The number of phenols is 1. The van der Waals surface area contributed by atoms with E-state index >= 15 is 0 Å². The molecule has 1 atom stereocenters. The first-order chi connectivity index (χ1) is 15.2. The summed E-state index contributed by atoms with van der Waals surface area (Å²) in [6.07, 6.45) is 2.45. The molecule has 0 radical (unpaired) electrons. The Kier molecular flexibility index (Phi) is 8.41. The summed E-state index contributed by atoms with van der Waals surface area (Å²) in [4.78, 5) is 7.19. The molecule has 1 aliphatic rings. The van der Waals surface area contributed by atoms with Gasteiger partial charge in [-0.3, -0.25) is 4.90 Å². The van der Waals surface area contributed by atoms with Gasteiger partial charge in [0.2, 0.25) is 0 Å². The molecule has 0 aromatic heterocycles. The van der Waals surface area contributed by atoms with Crippen molar-refractivity contribution >= 4 is 5.96 Å². The molecule has 0 amide bonds. The first-order valence-corrected chi connectivity index (χ1v) is 10.9. The molecule has 1 heterocycles. The van der Waals surface area contributed by atoms with E-state index in [-0.39, 0.29) is 11.8 Å². The lowest BCUT2D eigenvalue weighted by molar-refractivity contribution is 0.245. The number of para-hydroxylation sites is 1. The SMILES string of the molecule is CCNC(=NCc1cccc(OC)c1O)NCC(c1cccc(OC)c1)N1CCCC1. The molecule has 3 rings (SSSR count). The molecule has 31 heavy (non-hydrogen) atoms. The summed E-state index contributed by atoms with van der Waals surface area (Å²) >= 11 is 0. The highest BCUT2D eigenvalue weighted by Crippen LogP contribution is 2.30. The second-order valence-corrected chi connectivity index (χ2v) is 7.58. The summed E-state index contributed by atoms with van der Waals surface area (Å²) < 4.78 is 10.6. The van der Waals surface area contributed by atoms with Crippen molar-refractivity contribution in [3.05, 3.63) is 53.6 Å². The molecule has 168 valence electrons. The number of guanidine groups is 1. The number of hydrogen-bond acceptors (Lipinski definition) is 5. The van der Waals surface area contributed by atoms with Gasteiger partial charge in [0.1, 0.15) is 5.75 Å². The van der Waals surface area contributed by atoms with Gasteiger partial charge in [0.25, 0.3) is 0 Å². The van der Waals surface area contributed by atoms with E-state index in [2.05, 4.69) is 32.7 Å². The van der Waals surface area contributed by atoms with E-state index in [4.69, 9.17) is 9.47 Å². The van der Waals surface area contributed by atoms with Crippen molar-refractivity contribution in [3.8, 4) is 17.2 Å². The molecule has 7 heteroatoms. The number of likely N-dealkylation sites (tertiary alicyclic amines) is 1. The van der Waals surface area contributed by atoms with Crippen LogP contribution >= 0.6 is 0 Å². The summed E-state index contributed by atoms with van der Waals surface area (Å²) in [7, 11) is 3.25. The summed E-state index contributed by atoms with van der Waals surface area (Å²) in [5.74, 6) is 2.18. The highest BCUT2D eigenvalue weighted by atomic mass is 16.5. The molecule has 2 aromatic rings. The molecule has 7 nitrogen and oxygen atoms in total. The van der Waals surface area contributed by atoms with Crippen LogP contribution in [0.3, 0.4) is 0 Å². The summed E-state index contributed by atoms with van der Waals surface area (Å²) in [5, 5.41) is 17.1. The number of benzene rings is 2. The highest BCUT2D eigenvalue weighted by Gasteiger charge is 2.24. The van der Waals surface area contributed by atoms with Crippen molar-refractivity contribution in [1.29, 1.82) is 0 Å². The normalized spacial score (nSPS) is 15.5. The van der Waals surface area contributed by atoms with Crippen LogP contribution in [0.5, 0.6) is 17.2 Å². The maximum absolute atomic E-state index is 10.3. The third-order valence-electron chi connectivity index (χ3n) is 5.58. The van der Waals surface area contributed by atoms with Crippen molar-refractivity contribution < 1.29 is 14.6 Å². The smallest absolute Gasteiger partial charge is 0.191 e. The van der Waals surface area contributed by atoms with Gasteiger partial charge in [0, 0.05) is 18.7 Å².